The van der Waals surface area contributed by atoms with E-state index in [1.165, 1.54) is 0 Å². The summed E-state index contributed by atoms with van der Waals surface area (Å²) in [6.45, 7) is 2.55. The molecular weight excluding hydrogens is 236 g/mol. The first-order valence-corrected chi connectivity index (χ1v) is 6.56. The summed E-state index contributed by atoms with van der Waals surface area (Å²) in [7, 11) is 0. The normalized spacial score (nSPS) is 21.1. The Morgan fingerprint density at radius 2 is 2.53 bits per heavy atom. The van der Waals surface area contributed by atoms with Gasteiger partial charge in [0.05, 0.1) is 18.1 Å². The van der Waals surface area contributed by atoms with Crippen molar-refractivity contribution < 1.29 is 9.52 Å². The minimum atomic E-state index is -0.165. The summed E-state index contributed by atoms with van der Waals surface area (Å²) in [6, 6.07) is 1.92. The summed E-state index contributed by atoms with van der Waals surface area (Å²) in [4.78, 5) is 6.81. The van der Waals surface area contributed by atoms with Gasteiger partial charge in [0.25, 0.3) is 0 Å². The van der Waals surface area contributed by atoms with Crippen molar-refractivity contribution >= 4 is 11.3 Å². The summed E-state index contributed by atoms with van der Waals surface area (Å²) in [5, 5.41) is 12.5. The van der Waals surface area contributed by atoms with E-state index < -0.39 is 0 Å². The Morgan fingerprint density at radius 1 is 1.59 bits per heavy atom. The number of aliphatic hydroxyl groups is 1. The second kappa shape index (κ2) is 4.60. The summed E-state index contributed by atoms with van der Waals surface area (Å²) >= 11 is 1.63. The fraction of sp³-hybridized carbons (Fsp3) is 0.417. The maximum absolute atomic E-state index is 9.46. The molecule has 90 valence electrons. The van der Waals surface area contributed by atoms with Crippen molar-refractivity contribution in [2.75, 3.05) is 13.1 Å². The molecule has 1 fully saturated rings. The molecule has 0 radical (unpaired) electrons. The van der Waals surface area contributed by atoms with Crippen LogP contribution in [0.25, 0.3) is 10.6 Å². The number of likely N-dealkylation sites (tertiary alicyclic amines) is 1. The molecule has 3 rings (SSSR count). The zero-order valence-corrected chi connectivity index (χ0v) is 10.2. The molecule has 0 bridgehead atoms. The maximum Gasteiger partial charge on any atom is 0.126 e. The molecule has 0 aromatic carbocycles. The molecule has 0 amide bonds. The average molecular weight is 250 g/mol. The Bertz CT molecular complexity index is 480. The highest BCUT2D eigenvalue weighted by molar-refractivity contribution is 7.13. The second-order valence-electron chi connectivity index (χ2n) is 4.33. The average Bonchev–Trinajstić information content (AvgIpc) is 3.00. The summed E-state index contributed by atoms with van der Waals surface area (Å²) < 4.78 is 5.05. The molecule has 5 heteroatoms. The van der Waals surface area contributed by atoms with Gasteiger partial charge in [0.1, 0.15) is 11.3 Å². The second-order valence-corrected chi connectivity index (χ2v) is 5.19. The van der Waals surface area contributed by atoms with E-state index in [2.05, 4.69) is 15.3 Å². The van der Waals surface area contributed by atoms with E-state index >= 15 is 0 Å². The van der Waals surface area contributed by atoms with Crippen LogP contribution in [-0.4, -0.2) is 34.2 Å². The van der Waals surface area contributed by atoms with Gasteiger partial charge in [0.2, 0.25) is 0 Å². The Kier molecular flexibility index (Phi) is 2.96. The third-order valence-corrected chi connectivity index (χ3v) is 3.89. The molecule has 0 aliphatic carbocycles. The molecule has 2 aromatic rings. The zero-order valence-electron chi connectivity index (χ0n) is 9.37. The van der Waals surface area contributed by atoms with Crippen LogP contribution in [0.15, 0.2) is 28.4 Å². The SMILES string of the molecule is O[C@H]1CCN(Cc2csc(-c3ccoc3)n2)C1. The van der Waals surface area contributed by atoms with Crippen molar-refractivity contribution in [2.24, 2.45) is 0 Å². The number of hydrogen-bond donors (Lipinski definition) is 1. The molecule has 1 N–H and O–H groups in total. The Hall–Kier alpha value is -1.17. The van der Waals surface area contributed by atoms with Crippen LogP contribution in [0.3, 0.4) is 0 Å². The first kappa shape index (κ1) is 11.0. The van der Waals surface area contributed by atoms with Gasteiger partial charge >= 0.3 is 0 Å². The molecule has 4 nitrogen and oxygen atoms in total. The monoisotopic (exact) mass is 250 g/mol. The zero-order chi connectivity index (χ0) is 11.7. The third-order valence-electron chi connectivity index (χ3n) is 2.95. The van der Waals surface area contributed by atoms with E-state index in [-0.39, 0.29) is 6.10 Å². The van der Waals surface area contributed by atoms with E-state index in [9.17, 15) is 5.11 Å². The van der Waals surface area contributed by atoms with Crippen molar-refractivity contribution in [1.29, 1.82) is 0 Å². The van der Waals surface area contributed by atoms with E-state index in [0.717, 1.165) is 42.3 Å². The van der Waals surface area contributed by atoms with Gasteiger partial charge < -0.3 is 9.52 Å². The summed E-state index contributed by atoms with van der Waals surface area (Å²) in [5.41, 5.74) is 2.10. The number of furan rings is 1. The lowest BCUT2D eigenvalue weighted by molar-refractivity contribution is 0.174. The molecule has 0 spiro atoms. The van der Waals surface area contributed by atoms with E-state index in [1.54, 1.807) is 23.9 Å². The van der Waals surface area contributed by atoms with Gasteiger partial charge in [-0.3, -0.25) is 4.90 Å². The van der Waals surface area contributed by atoms with Gasteiger partial charge in [-0.15, -0.1) is 11.3 Å². The first-order chi connectivity index (χ1) is 8.31. The van der Waals surface area contributed by atoms with Crippen LogP contribution >= 0.6 is 11.3 Å². The number of thiazole rings is 1. The minimum absolute atomic E-state index is 0.165. The fourth-order valence-corrected chi connectivity index (χ4v) is 2.88. The predicted octanol–water partition coefficient (Wildman–Crippen LogP) is 1.97. The van der Waals surface area contributed by atoms with Crippen LogP contribution in [0.2, 0.25) is 0 Å². The highest BCUT2D eigenvalue weighted by Gasteiger charge is 2.20. The predicted molar refractivity (Wildman–Crippen MR) is 65.7 cm³/mol. The molecule has 1 saturated heterocycles. The number of hydrogen-bond acceptors (Lipinski definition) is 5. The van der Waals surface area contributed by atoms with Crippen molar-refractivity contribution in [3.63, 3.8) is 0 Å². The standard InChI is InChI=1S/C12H14N2O2S/c15-11-1-3-14(6-11)5-10-8-17-12(13-10)9-2-4-16-7-9/h2,4,7-8,11,15H,1,3,5-6H2/t11-/m0/s1. The van der Waals surface area contributed by atoms with Crippen molar-refractivity contribution in [1.82, 2.24) is 9.88 Å². The van der Waals surface area contributed by atoms with Crippen LogP contribution < -0.4 is 0 Å². The van der Waals surface area contributed by atoms with Crippen molar-refractivity contribution in [2.45, 2.75) is 19.1 Å². The van der Waals surface area contributed by atoms with Crippen molar-refractivity contribution in [3.05, 3.63) is 29.7 Å². The van der Waals surface area contributed by atoms with Crippen LogP contribution in [0, 0.1) is 0 Å². The largest absolute Gasteiger partial charge is 0.472 e. The number of rotatable bonds is 3. The molecule has 3 heterocycles. The Balaban J connectivity index is 1.69. The van der Waals surface area contributed by atoms with E-state index in [0.29, 0.717) is 0 Å². The van der Waals surface area contributed by atoms with Gasteiger partial charge in [-0.1, -0.05) is 0 Å². The fourth-order valence-electron chi connectivity index (χ4n) is 2.08. The third kappa shape index (κ3) is 2.41. The van der Waals surface area contributed by atoms with Gasteiger partial charge in [-0.2, -0.15) is 0 Å². The van der Waals surface area contributed by atoms with E-state index in [4.69, 9.17) is 4.42 Å². The minimum Gasteiger partial charge on any atom is -0.472 e. The number of nitrogens with zero attached hydrogens (tertiary/aromatic N) is 2. The maximum atomic E-state index is 9.46. The smallest absolute Gasteiger partial charge is 0.126 e. The summed E-state index contributed by atoms with van der Waals surface area (Å²) in [6.07, 6.45) is 4.08. The quantitative estimate of drug-likeness (QED) is 0.904. The molecule has 1 atom stereocenters. The lowest BCUT2D eigenvalue weighted by atomic mass is 10.3. The van der Waals surface area contributed by atoms with Crippen LogP contribution in [0.1, 0.15) is 12.1 Å². The van der Waals surface area contributed by atoms with Gasteiger partial charge in [0.15, 0.2) is 0 Å². The topological polar surface area (TPSA) is 49.5 Å². The number of aliphatic hydroxyl groups excluding tert-OH is 1. The molecule has 1 aliphatic heterocycles. The highest BCUT2D eigenvalue weighted by Crippen LogP contribution is 2.25. The highest BCUT2D eigenvalue weighted by atomic mass is 32.1. The number of β-amino-alcohol motifs (C(OH)–C–C–N with tert-alkyl or cyclic N) is 1. The molecule has 17 heavy (non-hydrogen) atoms. The van der Waals surface area contributed by atoms with Crippen LogP contribution in [0.5, 0.6) is 0 Å². The van der Waals surface area contributed by atoms with Crippen LogP contribution in [0.4, 0.5) is 0 Å². The van der Waals surface area contributed by atoms with Gasteiger partial charge in [-0.25, -0.2) is 4.98 Å². The van der Waals surface area contributed by atoms with Gasteiger partial charge in [0, 0.05) is 30.6 Å². The van der Waals surface area contributed by atoms with Crippen LogP contribution in [-0.2, 0) is 6.54 Å². The lowest BCUT2D eigenvalue weighted by Crippen LogP contribution is -2.21. The first-order valence-electron chi connectivity index (χ1n) is 5.68. The Labute approximate surface area is 104 Å². The van der Waals surface area contributed by atoms with Crippen molar-refractivity contribution in [3.8, 4) is 10.6 Å². The van der Waals surface area contributed by atoms with Gasteiger partial charge in [-0.05, 0) is 12.5 Å². The summed E-state index contributed by atoms with van der Waals surface area (Å²) in [5.74, 6) is 0. The molecule has 1 aliphatic rings. The molecule has 2 aromatic heterocycles. The molecule has 0 unspecified atom stereocenters. The Morgan fingerprint density at radius 3 is 3.24 bits per heavy atom. The molecular formula is C12H14N2O2S. The number of aromatic nitrogens is 1. The van der Waals surface area contributed by atoms with E-state index in [1.807, 2.05) is 6.07 Å². The lowest BCUT2D eigenvalue weighted by Gasteiger charge is -2.12. The molecule has 0 saturated carbocycles.